The van der Waals surface area contributed by atoms with Crippen LogP contribution in [0.15, 0.2) is 30.3 Å². The monoisotopic (exact) mass is 394 g/mol. The summed E-state index contributed by atoms with van der Waals surface area (Å²) >= 11 is -0.458. The quantitative estimate of drug-likeness (QED) is 0.367. The Morgan fingerprint density at radius 3 is 2.09 bits per heavy atom. The van der Waals surface area contributed by atoms with E-state index in [9.17, 15) is 9.36 Å². The van der Waals surface area contributed by atoms with Gasteiger partial charge in [0.15, 0.2) is 0 Å². The SMILES string of the molecule is CCOC(=O)C(C)([Se]c1ccccc1)P(=O)(OCC)OCC. The van der Waals surface area contributed by atoms with Crippen LogP contribution in [0.4, 0.5) is 0 Å². The molecule has 0 aliphatic heterocycles. The van der Waals surface area contributed by atoms with Crippen LogP contribution in [-0.4, -0.2) is 44.8 Å². The first-order valence-electron chi connectivity index (χ1n) is 7.24. The maximum atomic E-state index is 13.2. The minimum atomic E-state index is -3.64. The van der Waals surface area contributed by atoms with Gasteiger partial charge in [-0.2, -0.15) is 0 Å². The molecular formula is C15H23O5PSe. The third-order valence-corrected chi connectivity index (χ3v) is 9.39. The van der Waals surface area contributed by atoms with Crippen LogP contribution in [0.5, 0.6) is 0 Å². The molecule has 124 valence electrons. The molecular weight excluding hydrogens is 370 g/mol. The summed E-state index contributed by atoms with van der Waals surface area (Å²) in [5.74, 6) is -0.538. The van der Waals surface area contributed by atoms with Crippen LogP contribution in [0.3, 0.4) is 0 Å². The van der Waals surface area contributed by atoms with Crippen LogP contribution in [0.2, 0.25) is 0 Å². The molecule has 7 heteroatoms. The van der Waals surface area contributed by atoms with Gasteiger partial charge in [-0.25, -0.2) is 0 Å². The second kappa shape index (κ2) is 8.85. The summed E-state index contributed by atoms with van der Waals surface area (Å²) in [5.41, 5.74) is 0. The van der Waals surface area contributed by atoms with Crippen LogP contribution in [0, 0.1) is 0 Å². The second-order valence-electron chi connectivity index (χ2n) is 4.45. The van der Waals surface area contributed by atoms with Gasteiger partial charge < -0.3 is 0 Å². The first-order chi connectivity index (χ1) is 10.4. The Morgan fingerprint density at radius 2 is 1.64 bits per heavy atom. The number of hydrogen-bond donors (Lipinski definition) is 0. The standard InChI is InChI=1S/C15H23O5PSe/c1-5-18-14(16)15(4,21(17,19-6-2)20-7-3)22-13-11-9-8-10-12-13/h8-12H,5-7H2,1-4H3. The summed E-state index contributed by atoms with van der Waals surface area (Å²) in [7, 11) is -3.64. The predicted octanol–water partition coefficient (Wildman–Crippen LogP) is 2.56. The molecule has 1 unspecified atom stereocenters. The summed E-state index contributed by atoms with van der Waals surface area (Å²) in [6, 6.07) is 9.47. The van der Waals surface area contributed by atoms with Crippen molar-refractivity contribution < 1.29 is 23.1 Å². The molecule has 0 saturated carbocycles. The molecule has 5 nitrogen and oxygen atoms in total. The number of carbonyl (C=O) groups is 1. The molecule has 0 radical (unpaired) electrons. The molecule has 0 amide bonds. The Morgan fingerprint density at radius 1 is 1.09 bits per heavy atom. The first kappa shape index (κ1) is 19.4. The van der Waals surface area contributed by atoms with E-state index in [0.29, 0.717) is 0 Å². The molecule has 1 atom stereocenters. The number of hydrogen-bond acceptors (Lipinski definition) is 5. The molecule has 0 spiro atoms. The van der Waals surface area contributed by atoms with Crippen molar-refractivity contribution >= 4 is 33.0 Å². The third-order valence-electron chi connectivity index (χ3n) is 2.83. The van der Waals surface area contributed by atoms with Gasteiger partial charge in [0.05, 0.1) is 0 Å². The van der Waals surface area contributed by atoms with Gasteiger partial charge in [-0.3, -0.25) is 0 Å². The fourth-order valence-corrected chi connectivity index (χ4v) is 7.25. The molecule has 1 rings (SSSR count). The Balaban J connectivity index is 3.25. The molecule has 0 saturated heterocycles. The molecule has 0 heterocycles. The number of benzene rings is 1. The Kier molecular flexibility index (Phi) is 7.81. The molecule has 22 heavy (non-hydrogen) atoms. The van der Waals surface area contributed by atoms with Gasteiger partial charge in [0.2, 0.25) is 0 Å². The fourth-order valence-electron chi connectivity index (χ4n) is 1.82. The zero-order chi connectivity index (χ0) is 16.6. The van der Waals surface area contributed by atoms with Gasteiger partial charge >= 0.3 is 138 Å². The van der Waals surface area contributed by atoms with E-state index in [1.54, 1.807) is 27.7 Å². The predicted molar refractivity (Wildman–Crippen MR) is 87.7 cm³/mol. The third kappa shape index (κ3) is 4.43. The summed E-state index contributed by atoms with van der Waals surface area (Å²) in [5, 5.41) is 0. The maximum absolute atomic E-state index is 13.2. The summed E-state index contributed by atoms with van der Waals surface area (Å²) in [4.78, 5) is 12.5. The van der Waals surface area contributed by atoms with Gasteiger partial charge in [-0.1, -0.05) is 0 Å². The van der Waals surface area contributed by atoms with E-state index in [1.807, 2.05) is 30.3 Å². The number of esters is 1. The van der Waals surface area contributed by atoms with E-state index < -0.39 is 32.6 Å². The van der Waals surface area contributed by atoms with Crippen LogP contribution >= 0.6 is 7.60 Å². The molecule has 0 aliphatic carbocycles. The van der Waals surface area contributed by atoms with Gasteiger partial charge in [0.25, 0.3) is 0 Å². The van der Waals surface area contributed by atoms with Gasteiger partial charge in [0.1, 0.15) is 0 Å². The molecule has 0 bridgehead atoms. The average Bonchev–Trinajstić information content (AvgIpc) is 2.48. The number of ether oxygens (including phenoxy) is 1. The van der Waals surface area contributed by atoms with Crippen LogP contribution < -0.4 is 4.46 Å². The van der Waals surface area contributed by atoms with E-state index in [2.05, 4.69) is 0 Å². The summed E-state index contributed by atoms with van der Waals surface area (Å²) in [6.07, 6.45) is 0. The molecule has 0 N–H and O–H groups in total. The van der Waals surface area contributed by atoms with Crippen LogP contribution in [0.25, 0.3) is 0 Å². The van der Waals surface area contributed by atoms with Crippen molar-refractivity contribution in [2.45, 2.75) is 31.7 Å². The Labute approximate surface area is 138 Å². The van der Waals surface area contributed by atoms with E-state index in [4.69, 9.17) is 13.8 Å². The van der Waals surface area contributed by atoms with Gasteiger partial charge in [-0.05, 0) is 0 Å². The number of rotatable bonds is 9. The molecule has 1 aromatic carbocycles. The van der Waals surface area contributed by atoms with Crippen LogP contribution in [-0.2, 0) is 23.1 Å². The van der Waals surface area contributed by atoms with Crippen molar-refractivity contribution in [2.75, 3.05) is 19.8 Å². The zero-order valence-corrected chi connectivity index (χ0v) is 16.0. The summed E-state index contributed by atoms with van der Waals surface area (Å²) < 4.78 is 28.9. The fraction of sp³-hybridized carbons (Fsp3) is 0.533. The van der Waals surface area contributed by atoms with Crippen molar-refractivity contribution in [3.8, 4) is 0 Å². The molecule has 0 aromatic heterocycles. The van der Waals surface area contributed by atoms with E-state index in [0.717, 1.165) is 4.46 Å². The molecule has 0 fully saturated rings. The van der Waals surface area contributed by atoms with E-state index in [-0.39, 0.29) is 19.8 Å². The zero-order valence-electron chi connectivity index (χ0n) is 13.4. The first-order valence-corrected chi connectivity index (χ1v) is 10.5. The average molecular weight is 393 g/mol. The van der Waals surface area contributed by atoms with E-state index >= 15 is 0 Å². The molecule has 0 aliphatic rings. The number of carbonyl (C=O) groups excluding carboxylic acids is 1. The Hall–Kier alpha value is -0.641. The van der Waals surface area contributed by atoms with Gasteiger partial charge in [0, 0.05) is 0 Å². The summed E-state index contributed by atoms with van der Waals surface area (Å²) in [6.45, 7) is 7.43. The second-order valence-corrected chi connectivity index (χ2v) is 10.7. The minimum absolute atomic E-state index is 0.205. The van der Waals surface area contributed by atoms with Crippen molar-refractivity contribution in [1.29, 1.82) is 0 Å². The van der Waals surface area contributed by atoms with Crippen LogP contribution in [0.1, 0.15) is 27.7 Å². The Bertz CT molecular complexity index is 512. The van der Waals surface area contributed by atoms with E-state index in [1.165, 1.54) is 0 Å². The van der Waals surface area contributed by atoms with Gasteiger partial charge in [-0.15, -0.1) is 0 Å². The topological polar surface area (TPSA) is 61.8 Å². The van der Waals surface area contributed by atoms with Crippen molar-refractivity contribution in [2.24, 2.45) is 0 Å². The molecule has 1 aromatic rings. The van der Waals surface area contributed by atoms with Crippen molar-refractivity contribution in [1.82, 2.24) is 0 Å². The van der Waals surface area contributed by atoms with Crippen molar-refractivity contribution in [3.05, 3.63) is 30.3 Å². The van der Waals surface area contributed by atoms with Crippen molar-refractivity contribution in [3.63, 3.8) is 0 Å². The normalized spacial score (nSPS) is 14.4.